The summed E-state index contributed by atoms with van der Waals surface area (Å²) in [5.74, 6) is 0. The smallest absolute Gasteiger partial charge is 0.0107 e. The van der Waals surface area contributed by atoms with E-state index in [0.29, 0.717) is 0 Å². The van der Waals surface area contributed by atoms with Crippen molar-refractivity contribution >= 4 is 0 Å². The Kier molecular flexibility index (Phi) is 9.59. The van der Waals surface area contributed by atoms with Gasteiger partial charge in [0.2, 0.25) is 0 Å². The molecular weight excluding hydrogens is 220 g/mol. The van der Waals surface area contributed by atoms with Crippen LogP contribution in [0.4, 0.5) is 0 Å². The zero-order chi connectivity index (χ0) is 13.1. The van der Waals surface area contributed by atoms with Gasteiger partial charge in [-0.15, -0.1) is 0 Å². The zero-order valence-electron chi connectivity index (χ0n) is 12.7. The van der Waals surface area contributed by atoms with Crippen LogP contribution >= 0.6 is 0 Å². The summed E-state index contributed by atoms with van der Waals surface area (Å²) in [7, 11) is 2.26. The topological polar surface area (TPSA) is 15.3 Å². The highest BCUT2D eigenvalue weighted by atomic mass is 15.2. The molecule has 2 heteroatoms. The van der Waals surface area contributed by atoms with Gasteiger partial charge in [-0.2, -0.15) is 0 Å². The summed E-state index contributed by atoms with van der Waals surface area (Å²) in [5, 5.41) is 3.57. The van der Waals surface area contributed by atoms with Crippen molar-refractivity contribution in [1.82, 2.24) is 10.2 Å². The van der Waals surface area contributed by atoms with Crippen LogP contribution in [0.1, 0.15) is 71.1 Å². The third kappa shape index (κ3) is 8.93. The molecule has 0 spiro atoms. The summed E-state index contributed by atoms with van der Waals surface area (Å²) in [6, 6.07) is 0.912. The molecule has 0 aromatic carbocycles. The molecule has 0 heterocycles. The molecule has 0 radical (unpaired) electrons. The summed E-state index contributed by atoms with van der Waals surface area (Å²) in [4.78, 5) is 2.50. The lowest BCUT2D eigenvalue weighted by Gasteiger charge is -2.15. The first-order valence-electron chi connectivity index (χ1n) is 8.25. The van der Waals surface area contributed by atoms with Crippen LogP contribution in [-0.4, -0.2) is 37.6 Å². The summed E-state index contributed by atoms with van der Waals surface area (Å²) in [6.07, 6.45) is 14.2. The van der Waals surface area contributed by atoms with E-state index in [1.807, 2.05) is 0 Å². The normalized spacial score (nSPS) is 15.5. The Morgan fingerprint density at radius 3 is 2.11 bits per heavy atom. The maximum absolute atomic E-state index is 3.57. The molecule has 0 aliphatic heterocycles. The van der Waals surface area contributed by atoms with E-state index in [0.717, 1.165) is 6.04 Å². The molecule has 2 nitrogen and oxygen atoms in total. The van der Waals surface area contributed by atoms with E-state index in [1.165, 1.54) is 83.8 Å². The van der Waals surface area contributed by atoms with Crippen molar-refractivity contribution in [1.29, 1.82) is 0 Å². The molecule has 108 valence electrons. The third-order valence-corrected chi connectivity index (χ3v) is 4.02. The number of hydrogen-bond acceptors (Lipinski definition) is 2. The number of hydrogen-bond donors (Lipinski definition) is 1. The molecule has 1 aliphatic rings. The van der Waals surface area contributed by atoms with Crippen LogP contribution in [-0.2, 0) is 0 Å². The van der Waals surface area contributed by atoms with Gasteiger partial charge < -0.3 is 10.2 Å². The summed E-state index contributed by atoms with van der Waals surface area (Å²) >= 11 is 0. The molecule has 0 unspecified atom stereocenters. The molecule has 1 rings (SSSR count). The Hall–Kier alpha value is -0.0800. The fraction of sp³-hybridized carbons (Fsp3) is 1.00. The average Bonchev–Trinajstić information content (AvgIpc) is 3.20. The average molecular weight is 254 g/mol. The molecule has 1 fully saturated rings. The molecule has 1 aliphatic carbocycles. The summed E-state index contributed by atoms with van der Waals surface area (Å²) in [6.45, 7) is 5.89. The van der Waals surface area contributed by atoms with E-state index in [2.05, 4.69) is 24.2 Å². The first kappa shape index (κ1) is 16.0. The lowest BCUT2D eigenvalue weighted by molar-refractivity contribution is 0.321. The second kappa shape index (κ2) is 10.8. The Labute approximate surface area is 115 Å². The highest BCUT2D eigenvalue weighted by Gasteiger charge is 2.25. The van der Waals surface area contributed by atoms with Gasteiger partial charge in [-0.05, 0) is 32.9 Å². The van der Waals surface area contributed by atoms with Crippen molar-refractivity contribution in [3.05, 3.63) is 0 Å². The van der Waals surface area contributed by atoms with Crippen LogP contribution in [0.5, 0.6) is 0 Å². The predicted octanol–water partition coefficient (Wildman–Crippen LogP) is 3.81. The van der Waals surface area contributed by atoms with E-state index >= 15 is 0 Å². The van der Waals surface area contributed by atoms with Gasteiger partial charge in [0.25, 0.3) is 0 Å². The van der Waals surface area contributed by atoms with E-state index in [-0.39, 0.29) is 0 Å². The van der Waals surface area contributed by atoms with Crippen LogP contribution in [0.25, 0.3) is 0 Å². The Morgan fingerprint density at radius 2 is 1.50 bits per heavy atom. The quantitative estimate of drug-likeness (QED) is 0.503. The Morgan fingerprint density at radius 1 is 0.889 bits per heavy atom. The first-order chi connectivity index (χ1) is 8.84. The third-order valence-electron chi connectivity index (χ3n) is 4.02. The predicted molar refractivity (Wildman–Crippen MR) is 81.1 cm³/mol. The van der Waals surface area contributed by atoms with Crippen molar-refractivity contribution in [2.75, 3.05) is 26.7 Å². The van der Waals surface area contributed by atoms with Crippen molar-refractivity contribution in [2.24, 2.45) is 0 Å². The molecule has 1 N–H and O–H groups in total. The SMILES string of the molecule is CCCCCCCCCCNCCN(C)C1CC1. The highest BCUT2D eigenvalue weighted by molar-refractivity contribution is 4.82. The van der Waals surface area contributed by atoms with Gasteiger partial charge in [0.05, 0.1) is 0 Å². The highest BCUT2D eigenvalue weighted by Crippen LogP contribution is 2.24. The van der Waals surface area contributed by atoms with E-state index < -0.39 is 0 Å². The summed E-state index contributed by atoms with van der Waals surface area (Å²) in [5.41, 5.74) is 0. The van der Waals surface area contributed by atoms with Gasteiger partial charge in [0, 0.05) is 19.1 Å². The maximum atomic E-state index is 3.57. The molecular formula is C16H34N2. The molecule has 0 amide bonds. The van der Waals surface area contributed by atoms with Crippen LogP contribution in [0.15, 0.2) is 0 Å². The van der Waals surface area contributed by atoms with Gasteiger partial charge in [-0.1, -0.05) is 51.9 Å². The van der Waals surface area contributed by atoms with Crippen LogP contribution in [0.3, 0.4) is 0 Å². The molecule has 0 bridgehead atoms. The number of unbranched alkanes of at least 4 members (excludes halogenated alkanes) is 7. The second-order valence-electron chi connectivity index (χ2n) is 5.94. The molecule has 0 aromatic heterocycles. The van der Waals surface area contributed by atoms with Gasteiger partial charge in [0.1, 0.15) is 0 Å². The lowest BCUT2D eigenvalue weighted by atomic mass is 10.1. The van der Waals surface area contributed by atoms with Gasteiger partial charge in [-0.25, -0.2) is 0 Å². The van der Waals surface area contributed by atoms with Crippen molar-refractivity contribution in [3.8, 4) is 0 Å². The standard InChI is InChI=1S/C16H34N2/c1-3-4-5-6-7-8-9-10-13-17-14-15-18(2)16-11-12-16/h16-17H,3-15H2,1-2H3. The minimum atomic E-state index is 0.912. The van der Waals surface area contributed by atoms with Crippen molar-refractivity contribution in [2.45, 2.75) is 77.2 Å². The van der Waals surface area contributed by atoms with Crippen molar-refractivity contribution in [3.63, 3.8) is 0 Å². The fourth-order valence-electron chi connectivity index (χ4n) is 2.46. The zero-order valence-corrected chi connectivity index (χ0v) is 12.7. The maximum Gasteiger partial charge on any atom is 0.0107 e. The molecule has 0 atom stereocenters. The van der Waals surface area contributed by atoms with E-state index in [9.17, 15) is 0 Å². The monoisotopic (exact) mass is 254 g/mol. The van der Waals surface area contributed by atoms with Crippen molar-refractivity contribution < 1.29 is 0 Å². The number of likely N-dealkylation sites (N-methyl/N-ethyl adjacent to an activating group) is 1. The van der Waals surface area contributed by atoms with Gasteiger partial charge in [-0.3, -0.25) is 0 Å². The van der Waals surface area contributed by atoms with Gasteiger partial charge >= 0.3 is 0 Å². The van der Waals surface area contributed by atoms with Gasteiger partial charge in [0.15, 0.2) is 0 Å². The van der Waals surface area contributed by atoms with Crippen LogP contribution in [0.2, 0.25) is 0 Å². The second-order valence-corrected chi connectivity index (χ2v) is 5.94. The largest absolute Gasteiger partial charge is 0.315 e. The molecule has 1 saturated carbocycles. The molecule has 0 saturated heterocycles. The Bertz CT molecular complexity index is 178. The Balaban J connectivity index is 1.68. The lowest BCUT2D eigenvalue weighted by Crippen LogP contribution is -2.31. The number of rotatable bonds is 13. The fourth-order valence-corrected chi connectivity index (χ4v) is 2.46. The van der Waals surface area contributed by atoms with Crippen LogP contribution < -0.4 is 5.32 Å². The molecule has 18 heavy (non-hydrogen) atoms. The minimum Gasteiger partial charge on any atom is -0.315 e. The summed E-state index contributed by atoms with van der Waals surface area (Å²) < 4.78 is 0. The number of nitrogens with one attached hydrogen (secondary N) is 1. The minimum absolute atomic E-state index is 0.912. The van der Waals surface area contributed by atoms with Crippen LogP contribution in [0, 0.1) is 0 Å². The molecule has 0 aromatic rings. The van der Waals surface area contributed by atoms with E-state index in [4.69, 9.17) is 0 Å². The first-order valence-corrected chi connectivity index (χ1v) is 8.25. The van der Waals surface area contributed by atoms with E-state index in [1.54, 1.807) is 0 Å². The number of nitrogens with zero attached hydrogens (tertiary/aromatic N) is 1.